The molecule has 0 fully saturated rings. The first-order chi connectivity index (χ1) is 15.0. The number of nitrogens with zero attached hydrogens (tertiary/aromatic N) is 1. The average molecular weight is 479 g/mol. The Balaban J connectivity index is 1.52. The van der Waals surface area contributed by atoms with Crippen molar-refractivity contribution < 1.29 is 14.3 Å². The van der Waals surface area contributed by atoms with Crippen molar-refractivity contribution in [1.82, 2.24) is 4.90 Å². The highest BCUT2D eigenvalue weighted by molar-refractivity contribution is 9.10. The molecule has 0 heterocycles. The van der Waals surface area contributed by atoms with Crippen molar-refractivity contribution >= 4 is 39.5 Å². The molecular weight excluding hydrogens is 456 g/mol. The molecule has 0 spiro atoms. The monoisotopic (exact) mass is 478 g/mol. The van der Waals surface area contributed by atoms with Gasteiger partial charge in [-0.05, 0) is 57.4 Å². The van der Waals surface area contributed by atoms with Gasteiger partial charge >= 0.3 is 0 Å². The van der Waals surface area contributed by atoms with E-state index in [4.69, 9.17) is 4.74 Å². The van der Waals surface area contributed by atoms with Gasteiger partial charge in [0.2, 0.25) is 11.8 Å². The van der Waals surface area contributed by atoms with E-state index in [0.29, 0.717) is 12.3 Å². The highest BCUT2D eigenvalue weighted by atomic mass is 79.9. The first kappa shape index (κ1) is 22.3. The molecule has 2 amide bonds. The number of carbonyl (C=O) groups excluding carboxylic acids is 2. The van der Waals surface area contributed by atoms with E-state index in [-0.39, 0.29) is 18.4 Å². The first-order valence-electron chi connectivity index (χ1n) is 9.75. The zero-order valence-electron chi connectivity index (χ0n) is 17.1. The number of carbonyl (C=O) groups is 2. The van der Waals surface area contributed by atoms with E-state index in [1.165, 1.54) is 11.0 Å². The topological polar surface area (TPSA) is 58.6 Å². The zero-order valence-corrected chi connectivity index (χ0v) is 18.7. The lowest BCUT2D eigenvalue weighted by atomic mass is 10.2. The third kappa shape index (κ3) is 7.12. The summed E-state index contributed by atoms with van der Waals surface area (Å²) < 4.78 is 6.60. The SMILES string of the molecule is CN(CC(=O)Nc1ccccc1Br)C(=O)/C=C/c1cccc(OCc2ccccc2)c1. The van der Waals surface area contributed by atoms with E-state index in [9.17, 15) is 9.59 Å². The number of amides is 2. The number of rotatable bonds is 8. The van der Waals surface area contributed by atoms with Gasteiger partial charge in [-0.2, -0.15) is 0 Å². The maximum Gasteiger partial charge on any atom is 0.246 e. The van der Waals surface area contributed by atoms with E-state index in [2.05, 4.69) is 21.2 Å². The quantitative estimate of drug-likeness (QED) is 0.456. The van der Waals surface area contributed by atoms with Gasteiger partial charge in [0.15, 0.2) is 0 Å². The second kappa shape index (κ2) is 11.1. The molecule has 3 aromatic carbocycles. The molecule has 0 radical (unpaired) electrons. The number of hydrogen-bond acceptors (Lipinski definition) is 3. The molecule has 0 unspecified atom stereocenters. The number of anilines is 1. The molecule has 0 aliphatic rings. The number of hydrogen-bond donors (Lipinski definition) is 1. The summed E-state index contributed by atoms with van der Waals surface area (Å²) in [6.45, 7) is 0.424. The number of nitrogens with one attached hydrogen (secondary N) is 1. The summed E-state index contributed by atoms with van der Waals surface area (Å²) in [5, 5.41) is 2.78. The molecule has 1 N–H and O–H groups in total. The van der Waals surface area contributed by atoms with Gasteiger partial charge in [0.1, 0.15) is 12.4 Å². The van der Waals surface area contributed by atoms with Crippen molar-refractivity contribution in [2.24, 2.45) is 0 Å². The molecule has 0 bridgehead atoms. The summed E-state index contributed by atoms with van der Waals surface area (Å²) in [7, 11) is 1.59. The molecule has 0 aliphatic heterocycles. The summed E-state index contributed by atoms with van der Waals surface area (Å²) in [5.74, 6) is 0.185. The highest BCUT2D eigenvalue weighted by Gasteiger charge is 2.11. The Bertz CT molecular complexity index is 1070. The van der Waals surface area contributed by atoms with Crippen LogP contribution in [0.3, 0.4) is 0 Å². The van der Waals surface area contributed by atoms with Gasteiger partial charge in [-0.15, -0.1) is 0 Å². The van der Waals surface area contributed by atoms with Crippen molar-refractivity contribution in [3.8, 4) is 5.75 Å². The van der Waals surface area contributed by atoms with Gasteiger partial charge in [-0.25, -0.2) is 0 Å². The number of ether oxygens (including phenoxy) is 1. The van der Waals surface area contributed by atoms with Crippen LogP contribution in [0.2, 0.25) is 0 Å². The molecule has 31 heavy (non-hydrogen) atoms. The van der Waals surface area contributed by atoms with Crippen LogP contribution < -0.4 is 10.1 Å². The van der Waals surface area contributed by atoms with Gasteiger partial charge in [-0.3, -0.25) is 9.59 Å². The molecule has 158 valence electrons. The van der Waals surface area contributed by atoms with Crippen LogP contribution in [0.25, 0.3) is 6.08 Å². The molecule has 6 heteroatoms. The Kier molecular flexibility index (Phi) is 8.01. The molecule has 0 saturated carbocycles. The van der Waals surface area contributed by atoms with Crippen molar-refractivity contribution in [2.75, 3.05) is 18.9 Å². The minimum Gasteiger partial charge on any atom is -0.489 e. The molecule has 0 saturated heterocycles. The summed E-state index contributed by atoms with van der Waals surface area (Å²) in [5.41, 5.74) is 2.59. The van der Waals surface area contributed by atoms with Gasteiger partial charge in [0.05, 0.1) is 12.2 Å². The van der Waals surface area contributed by atoms with Gasteiger partial charge in [0, 0.05) is 17.6 Å². The van der Waals surface area contributed by atoms with Crippen molar-refractivity contribution in [3.63, 3.8) is 0 Å². The molecule has 0 aliphatic carbocycles. The van der Waals surface area contributed by atoms with Crippen LogP contribution in [0.5, 0.6) is 5.75 Å². The summed E-state index contributed by atoms with van der Waals surface area (Å²) in [6.07, 6.45) is 3.15. The summed E-state index contributed by atoms with van der Waals surface area (Å²) in [6, 6.07) is 24.7. The molecule has 5 nitrogen and oxygen atoms in total. The Morgan fingerprint density at radius 1 is 1.00 bits per heavy atom. The van der Waals surface area contributed by atoms with E-state index in [1.54, 1.807) is 19.2 Å². The standard InChI is InChI=1S/C25H23BrN2O3/c1-28(17-24(29)27-23-13-6-5-12-22(23)26)25(30)15-14-19-10-7-11-21(16-19)31-18-20-8-3-2-4-9-20/h2-16H,17-18H2,1H3,(H,27,29)/b15-14+. The van der Waals surface area contributed by atoms with Gasteiger partial charge in [-0.1, -0.05) is 54.6 Å². The smallest absolute Gasteiger partial charge is 0.246 e. The maximum absolute atomic E-state index is 12.4. The van der Waals surface area contributed by atoms with Gasteiger partial charge in [0.25, 0.3) is 0 Å². The van der Waals surface area contributed by atoms with Crippen LogP contribution in [0.1, 0.15) is 11.1 Å². The Morgan fingerprint density at radius 2 is 1.74 bits per heavy atom. The third-order valence-corrected chi connectivity index (χ3v) is 5.12. The molecule has 3 aromatic rings. The fourth-order valence-electron chi connectivity index (χ4n) is 2.79. The molecule has 0 aromatic heterocycles. The molecular formula is C25H23BrN2O3. The lowest BCUT2D eigenvalue weighted by molar-refractivity contribution is -0.129. The van der Waals surface area contributed by atoms with Crippen LogP contribution in [0, 0.1) is 0 Å². The number of benzene rings is 3. The Hall–Kier alpha value is -3.38. The lowest BCUT2D eigenvalue weighted by Crippen LogP contribution is -2.33. The van der Waals surface area contributed by atoms with Crippen LogP contribution in [0.15, 0.2) is 89.4 Å². The number of likely N-dealkylation sites (N-methyl/N-ethyl adjacent to an activating group) is 1. The normalized spacial score (nSPS) is 10.6. The molecule has 3 rings (SSSR count). The largest absolute Gasteiger partial charge is 0.489 e. The second-order valence-corrected chi connectivity index (χ2v) is 7.76. The fourth-order valence-corrected chi connectivity index (χ4v) is 3.17. The first-order valence-corrected chi connectivity index (χ1v) is 10.5. The predicted molar refractivity (Wildman–Crippen MR) is 127 cm³/mol. The highest BCUT2D eigenvalue weighted by Crippen LogP contribution is 2.21. The second-order valence-electron chi connectivity index (χ2n) is 6.90. The van der Waals surface area contributed by atoms with E-state index < -0.39 is 0 Å². The maximum atomic E-state index is 12.4. The Morgan fingerprint density at radius 3 is 2.52 bits per heavy atom. The number of halogens is 1. The lowest BCUT2D eigenvalue weighted by Gasteiger charge is -2.15. The fraction of sp³-hybridized carbons (Fsp3) is 0.120. The molecule has 0 atom stereocenters. The van der Waals surface area contributed by atoms with E-state index in [1.807, 2.05) is 72.8 Å². The minimum absolute atomic E-state index is 0.0509. The Labute approximate surface area is 190 Å². The minimum atomic E-state index is -0.271. The summed E-state index contributed by atoms with van der Waals surface area (Å²) in [4.78, 5) is 26.0. The predicted octanol–water partition coefficient (Wildman–Crippen LogP) is 5.14. The van der Waals surface area contributed by atoms with Crippen LogP contribution in [-0.2, 0) is 16.2 Å². The van der Waals surface area contributed by atoms with Crippen molar-refractivity contribution in [2.45, 2.75) is 6.61 Å². The van der Waals surface area contributed by atoms with Crippen molar-refractivity contribution in [1.29, 1.82) is 0 Å². The summed E-state index contributed by atoms with van der Waals surface area (Å²) >= 11 is 3.38. The average Bonchev–Trinajstić information content (AvgIpc) is 2.78. The van der Waals surface area contributed by atoms with Crippen LogP contribution in [-0.4, -0.2) is 30.3 Å². The third-order valence-electron chi connectivity index (χ3n) is 4.43. The van der Waals surface area contributed by atoms with E-state index >= 15 is 0 Å². The van der Waals surface area contributed by atoms with Crippen LogP contribution in [0.4, 0.5) is 5.69 Å². The zero-order chi connectivity index (χ0) is 22.1. The van der Waals surface area contributed by atoms with E-state index in [0.717, 1.165) is 21.3 Å². The van der Waals surface area contributed by atoms with Gasteiger partial charge < -0.3 is 15.0 Å². The number of para-hydroxylation sites is 1. The van der Waals surface area contributed by atoms with Crippen molar-refractivity contribution in [3.05, 3.63) is 101 Å². The van der Waals surface area contributed by atoms with Crippen LogP contribution >= 0.6 is 15.9 Å².